The van der Waals surface area contributed by atoms with Gasteiger partial charge in [-0.1, -0.05) is 37.2 Å². The summed E-state index contributed by atoms with van der Waals surface area (Å²) >= 11 is 0. The third-order valence-electron chi connectivity index (χ3n) is 4.83. The molecule has 1 unspecified atom stereocenters. The normalized spacial score (nSPS) is 27.7. The Bertz CT molecular complexity index is 336. The minimum atomic E-state index is -1.42. The molecule has 15 heavy (non-hydrogen) atoms. The molecule has 0 aromatic heterocycles. The Morgan fingerprint density at radius 2 is 1.60 bits per heavy atom. The highest BCUT2D eigenvalue weighted by Crippen LogP contribution is 2.53. The fourth-order valence-corrected chi connectivity index (χ4v) is 5.04. The van der Waals surface area contributed by atoms with Crippen LogP contribution in [0.2, 0.25) is 18.1 Å². The van der Waals surface area contributed by atoms with Crippen LogP contribution in [0.3, 0.4) is 0 Å². The van der Waals surface area contributed by atoms with E-state index in [0.717, 1.165) is 0 Å². The zero-order valence-corrected chi connectivity index (χ0v) is 12.5. The molecule has 1 rings (SSSR count). The predicted molar refractivity (Wildman–Crippen MR) is 71.7 cm³/mol. The maximum Gasteiger partial charge on any atom is 0.135 e. The fraction of sp³-hybridized carbons (Fsp3) is 0.692. The summed E-state index contributed by atoms with van der Waals surface area (Å²) in [6, 6.07) is 0. The van der Waals surface area contributed by atoms with E-state index in [1.54, 1.807) is 5.57 Å². The summed E-state index contributed by atoms with van der Waals surface area (Å²) in [6.07, 6.45) is 2.49. The Labute approximate surface area is 96.0 Å². The average Bonchev–Trinajstić information content (AvgIpc) is 2.31. The van der Waals surface area contributed by atoms with Crippen molar-refractivity contribution >= 4 is 8.24 Å². The standard InChI is InChI=1S/C13H25NSi/c1-10-9-13(4,12(3)11(10)2)15(7,8)14(5)6/h9H,1-8H3. The molecule has 1 aliphatic rings. The second kappa shape index (κ2) is 3.60. The monoisotopic (exact) mass is 223 g/mol. The van der Waals surface area contributed by atoms with Crippen LogP contribution in [-0.2, 0) is 0 Å². The molecule has 0 heterocycles. The van der Waals surface area contributed by atoms with E-state index in [-0.39, 0.29) is 0 Å². The minimum Gasteiger partial charge on any atom is -0.328 e. The third kappa shape index (κ3) is 1.64. The van der Waals surface area contributed by atoms with Crippen molar-refractivity contribution in [2.75, 3.05) is 14.1 Å². The molecule has 0 bridgehead atoms. The first-order valence-electron chi connectivity index (χ1n) is 5.70. The van der Waals surface area contributed by atoms with Gasteiger partial charge in [-0.05, 0) is 40.4 Å². The van der Waals surface area contributed by atoms with Gasteiger partial charge in [-0.25, -0.2) is 0 Å². The van der Waals surface area contributed by atoms with Gasteiger partial charge in [-0.3, -0.25) is 0 Å². The van der Waals surface area contributed by atoms with E-state index in [1.165, 1.54) is 11.1 Å². The van der Waals surface area contributed by atoms with Gasteiger partial charge in [0.05, 0.1) is 0 Å². The van der Waals surface area contributed by atoms with Crippen molar-refractivity contribution in [3.63, 3.8) is 0 Å². The first-order valence-corrected chi connectivity index (χ1v) is 8.64. The summed E-state index contributed by atoms with van der Waals surface area (Å²) in [6.45, 7) is 14.1. The molecule has 0 saturated heterocycles. The van der Waals surface area contributed by atoms with E-state index < -0.39 is 8.24 Å². The smallest absolute Gasteiger partial charge is 0.135 e. The molecule has 0 fully saturated rings. The molecular weight excluding hydrogens is 198 g/mol. The first kappa shape index (κ1) is 12.7. The summed E-state index contributed by atoms with van der Waals surface area (Å²) in [5, 5.41) is 0.296. The van der Waals surface area contributed by atoms with Crippen LogP contribution in [-0.4, -0.2) is 26.9 Å². The van der Waals surface area contributed by atoms with Gasteiger partial charge in [-0.2, -0.15) is 0 Å². The van der Waals surface area contributed by atoms with Gasteiger partial charge < -0.3 is 4.57 Å². The molecule has 2 heteroatoms. The number of nitrogens with zero attached hydrogens (tertiary/aromatic N) is 1. The third-order valence-corrected chi connectivity index (χ3v) is 10.1. The summed E-state index contributed by atoms with van der Waals surface area (Å²) in [5.74, 6) is 0. The molecular formula is C13H25NSi. The van der Waals surface area contributed by atoms with Crippen molar-refractivity contribution in [2.45, 2.75) is 45.8 Å². The Balaban J connectivity index is 3.28. The van der Waals surface area contributed by atoms with E-state index in [4.69, 9.17) is 0 Å². The molecule has 1 aliphatic carbocycles. The van der Waals surface area contributed by atoms with Gasteiger partial charge in [0, 0.05) is 5.04 Å². The molecule has 0 N–H and O–H groups in total. The summed E-state index contributed by atoms with van der Waals surface area (Å²) in [5.41, 5.74) is 4.54. The Kier molecular flexibility index (Phi) is 3.05. The molecule has 0 saturated carbocycles. The molecule has 0 radical (unpaired) electrons. The van der Waals surface area contributed by atoms with E-state index in [2.05, 4.69) is 65.5 Å². The molecule has 1 nitrogen and oxygen atoms in total. The van der Waals surface area contributed by atoms with Crippen molar-refractivity contribution in [1.29, 1.82) is 0 Å². The van der Waals surface area contributed by atoms with Crippen molar-refractivity contribution < 1.29 is 0 Å². The van der Waals surface area contributed by atoms with Crippen LogP contribution in [0.15, 0.2) is 22.8 Å². The van der Waals surface area contributed by atoms with Gasteiger partial charge in [0.25, 0.3) is 0 Å². The summed E-state index contributed by atoms with van der Waals surface area (Å²) in [7, 11) is 3.03. The number of rotatable bonds is 2. The van der Waals surface area contributed by atoms with E-state index >= 15 is 0 Å². The molecule has 0 aromatic carbocycles. The van der Waals surface area contributed by atoms with Crippen molar-refractivity contribution in [3.8, 4) is 0 Å². The van der Waals surface area contributed by atoms with Crippen molar-refractivity contribution in [3.05, 3.63) is 22.8 Å². The Morgan fingerprint density at radius 3 is 1.87 bits per heavy atom. The van der Waals surface area contributed by atoms with Crippen LogP contribution in [0.5, 0.6) is 0 Å². The minimum absolute atomic E-state index is 0.296. The quantitative estimate of drug-likeness (QED) is 0.644. The lowest BCUT2D eigenvalue weighted by molar-refractivity contribution is 0.582. The molecule has 0 spiro atoms. The van der Waals surface area contributed by atoms with Crippen LogP contribution in [0.25, 0.3) is 0 Å². The second-order valence-corrected chi connectivity index (χ2v) is 10.8. The van der Waals surface area contributed by atoms with Gasteiger partial charge in [0.2, 0.25) is 0 Å². The summed E-state index contributed by atoms with van der Waals surface area (Å²) in [4.78, 5) is 0. The van der Waals surface area contributed by atoms with Crippen molar-refractivity contribution in [1.82, 2.24) is 4.57 Å². The van der Waals surface area contributed by atoms with Crippen molar-refractivity contribution in [2.24, 2.45) is 0 Å². The van der Waals surface area contributed by atoms with E-state index in [1.807, 2.05) is 0 Å². The molecule has 0 amide bonds. The van der Waals surface area contributed by atoms with Gasteiger partial charge in [0.15, 0.2) is 0 Å². The maximum absolute atomic E-state index is 2.49. The lowest BCUT2D eigenvalue weighted by Crippen LogP contribution is -2.52. The topological polar surface area (TPSA) is 3.24 Å². The lowest BCUT2D eigenvalue weighted by Gasteiger charge is -2.44. The predicted octanol–water partition coefficient (Wildman–Crippen LogP) is 3.81. The van der Waals surface area contributed by atoms with Crippen LogP contribution in [0.4, 0.5) is 0 Å². The first-order chi connectivity index (χ1) is 6.64. The number of allylic oxidation sites excluding steroid dienone is 4. The highest BCUT2D eigenvalue weighted by Gasteiger charge is 2.47. The molecule has 0 aromatic rings. The summed E-state index contributed by atoms with van der Waals surface area (Å²) < 4.78 is 2.46. The zero-order valence-electron chi connectivity index (χ0n) is 11.5. The lowest BCUT2D eigenvalue weighted by atomic mass is 10.0. The second-order valence-electron chi connectivity index (χ2n) is 5.73. The SMILES string of the molecule is CC1=CC(C)([Si](C)(C)N(C)C)C(C)=C1C. The van der Waals surface area contributed by atoms with Crippen LogP contribution in [0.1, 0.15) is 27.7 Å². The molecule has 0 aliphatic heterocycles. The van der Waals surface area contributed by atoms with Crippen LogP contribution < -0.4 is 0 Å². The van der Waals surface area contributed by atoms with E-state index in [0.29, 0.717) is 5.04 Å². The largest absolute Gasteiger partial charge is 0.328 e. The van der Waals surface area contributed by atoms with E-state index in [9.17, 15) is 0 Å². The van der Waals surface area contributed by atoms with Gasteiger partial charge >= 0.3 is 0 Å². The maximum atomic E-state index is 2.49. The average molecular weight is 223 g/mol. The zero-order chi connectivity index (χ0) is 12.0. The Morgan fingerprint density at radius 1 is 1.13 bits per heavy atom. The molecule has 1 atom stereocenters. The number of hydrogen-bond acceptors (Lipinski definition) is 1. The van der Waals surface area contributed by atoms with Gasteiger partial charge in [0.1, 0.15) is 8.24 Å². The van der Waals surface area contributed by atoms with Crippen LogP contribution in [0, 0.1) is 0 Å². The van der Waals surface area contributed by atoms with Gasteiger partial charge in [-0.15, -0.1) is 0 Å². The van der Waals surface area contributed by atoms with Crippen LogP contribution >= 0.6 is 0 Å². The molecule has 86 valence electrons. The Hall–Kier alpha value is -0.343. The highest BCUT2D eigenvalue weighted by atomic mass is 28.3. The number of hydrogen-bond donors (Lipinski definition) is 0. The fourth-order valence-electron chi connectivity index (χ4n) is 2.43. The highest BCUT2D eigenvalue weighted by molar-refractivity contribution is 6.79.